The molecule has 0 amide bonds. The molecule has 1 saturated heterocycles. The highest BCUT2D eigenvalue weighted by atomic mass is 16.7. The lowest BCUT2D eigenvalue weighted by Crippen LogP contribution is -2.61. The largest absolute Gasteiger partial charge is 0.479 e. The van der Waals surface area contributed by atoms with Crippen LogP contribution < -0.4 is 9.47 Å². The normalized spacial score (nSPS) is 25.5. The highest BCUT2D eigenvalue weighted by Crippen LogP contribution is 2.28. The van der Waals surface area contributed by atoms with Gasteiger partial charge in [0.2, 0.25) is 6.29 Å². The van der Waals surface area contributed by atoms with Crippen molar-refractivity contribution in [3.05, 3.63) is 59.7 Å². The van der Waals surface area contributed by atoms with Crippen molar-refractivity contribution in [3.8, 4) is 11.5 Å². The van der Waals surface area contributed by atoms with Gasteiger partial charge < -0.3 is 39.7 Å². The van der Waals surface area contributed by atoms with E-state index in [0.29, 0.717) is 0 Å². The van der Waals surface area contributed by atoms with Crippen LogP contribution in [0.5, 0.6) is 11.5 Å². The predicted octanol–water partition coefficient (Wildman–Crippen LogP) is -0.125. The molecule has 1 aliphatic heterocycles. The number of carboxylic acids is 2. The zero-order valence-corrected chi connectivity index (χ0v) is 15.7. The van der Waals surface area contributed by atoms with E-state index in [0.717, 1.165) is 0 Å². The number of ether oxygens (including phenoxy) is 3. The average molecular weight is 434 g/mol. The minimum atomic E-state index is -1.90. The number of carbonyl (C=O) groups is 3. The minimum absolute atomic E-state index is 0.189. The molecule has 11 nitrogen and oxygen atoms in total. The summed E-state index contributed by atoms with van der Waals surface area (Å²) < 4.78 is 15.6. The monoisotopic (exact) mass is 434 g/mol. The Kier molecular flexibility index (Phi) is 6.51. The van der Waals surface area contributed by atoms with Gasteiger partial charge in [-0.3, -0.25) is 0 Å². The minimum Gasteiger partial charge on any atom is -0.479 e. The predicted molar refractivity (Wildman–Crippen MR) is 99.7 cm³/mol. The van der Waals surface area contributed by atoms with E-state index in [2.05, 4.69) is 0 Å². The van der Waals surface area contributed by atoms with E-state index in [4.69, 9.17) is 19.3 Å². The van der Waals surface area contributed by atoms with Crippen LogP contribution >= 0.6 is 0 Å². The number of benzene rings is 2. The Hall–Kier alpha value is -3.51. The van der Waals surface area contributed by atoms with E-state index in [-0.39, 0.29) is 22.6 Å². The zero-order chi connectivity index (χ0) is 22.7. The van der Waals surface area contributed by atoms with Crippen molar-refractivity contribution in [2.75, 3.05) is 0 Å². The molecular formula is C20H18O11. The number of hydrogen-bond acceptors (Lipinski definition) is 9. The van der Waals surface area contributed by atoms with E-state index >= 15 is 0 Å². The molecule has 164 valence electrons. The summed E-state index contributed by atoms with van der Waals surface area (Å²) in [5.74, 6) is -4.31. The number of aliphatic hydroxyl groups excluding tert-OH is 3. The molecule has 3 rings (SSSR count). The van der Waals surface area contributed by atoms with Gasteiger partial charge in [-0.05, 0) is 24.3 Å². The highest BCUT2D eigenvalue weighted by molar-refractivity contribution is 5.97. The van der Waals surface area contributed by atoms with Gasteiger partial charge in [-0.15, -0.1) is 0 Å². The molecular weight excluding hydrogens is 416 g/mol. The number of rotatable bonds is 6. The summed E-state index contributed by atoms with van der Waals surface area (Å²) in [7, 11) is 0. The third-order valence-corrected chi connectivity index (χ3v) is 4.48. The summed E-state index contributed by atoms with van der Waals surface area (Å²) in [5, 5.41) is 48.1. The zero-order valence-electron chi connectivity index (χ0n) is 15.7. The molecule has 31 heavy (non-hydrogen) atoms. The lowest BCUT2D eigenvalue weighted by atomic mass is 9.99. The second-order valence-corrected chi connectivity index (χ2v) is 6.54. The van der Waals surface area contributed by atoms with Crippen LogP contribution in [0.4, 0.5) is 0 Å². The van der Waals surface area contributed by atoms with Crippen molar-refractivity contribution in [1.29, 1.82) is 0 Å². The Morgan fingerprint density at radius 1 is 0.774 bits per heavy atom. The fraction of sp³-hybridized carbons (Fsp3) is 0.250. The van der Waals surface area contributed by atoms with Crippen molar-refractivity contribution in [1.82, 2.24) is 0 Å². The fourth-order valence-corrected chi connectivity index (χ4v) is 2.90. The first-order valence-electron chi connectivity index (χ1n) is 8.93. The second kappa shape index (κ2) is 9.10. The van der Waals surface area contributed by atoms with Crippen LogP contribution in [0.15, 0.2) is 48.5 Å². The molecule has 2 aromatic rings. The first kappa shape index (κ1) is 22.2. The number of carbonyl (C=O) groups excluding carboxylic acids is 1. The number of aromatic carboxylic acids is 1. The molecule has 1 heterocycles. The van der Waals surface area contributed by atoms with E-state index < -0.39 is 48.6 Å². The van der Waals surface area contributed by atoms with Crippen LogP contribution in [-0.2, 0) is 9.53 Å². The maximum absolute atomic E-state index is 12.6. The van der Waals surface area contributed by atoms with Crippen LogP contribution in [0.3, 0.4) is 0 Å². The van der Waals surface area contributed by atoms with Crippen LogP contribution in [0.25, 0.3) is 0 Å². The molecule has 0 aliphatic carbocycles. The lowest BCUT2D eigenvalue weighted by Gasteiger charge is -2.38. The van der Waals surface area contributed by atoms with Crippen LogP contribution in [0.2, 0.25) is 0 Å². The summed E-state index contributed by atoms with van der Waals surface area (Å²) >= 11 is 0. The first-order chi connectivity index (χ1) is 14.7. The molecule has 0 saturated carbocycles. The molecule has 5 N–H and O–H groups in total. The summed E-state index contributed by atoms with van der Waals surface area (Å²) in [5.41, 5.74) is -0.437. The number of aliphatic hydroxyl groups is 3. The summed E-state index contributed by atoms with van der Waals surface area (Å²) in [6, 6.07) is 11.0. The van der Waals surface area contributed by atoms with Crippen LogP contribution in [0.1, 0.15) is 20.7 Å². The smallest absolute Gasteiger partial charge is 0.347 e. The van der Waals surface area contributed by atoms with Crippen molar-refractivity contribution < 1.29 is 54.1 Å². The van der Waals surface area contributed by atoms with Crippen molar-refractivity contribution in [3.63, 3.8) is 0 Å². The van der Waals surface area contributed by atoms with Gasteiger partial charge in [-0.1, -0.05) is 24.3 Å². The summed E-state index contributed by atoms with van der Waals surface area (Å²) in [6.45, 7) is 0. The Balaban J connectivity index is 1.84. The molecule has 1 aliphatic rings. The van der Waals surface area contributed by atoms with Gasteiger partial charge >= 0.3 is 17.9 Å². The average Bonchev–Trinajstić information content (AvgIpc) is 2.74. The van der Waals surface area contributed by atoms with E-state index in [1.807, 2.05) is 0 Å². The quantitative estimate of drug-likeness (QED) is 0.302. The molecule has 5 atom stereocenters. The number of esters is 1. The van der Waals surface area contributed by atoms with Gasteiger partial charge in [0.15, 0.2) is 6.10 Å². The number of para-hydroxylation sites is 2. The molecule has 0 radical (unpaired) electrons. The maximum Gasteiger partial charge on any atom is 0.347 e. The molecule has 0 unspecified atom stereocenters. The molecule has 2 aromatic carbocycles. The van der Waals surface area contributed by atoms with Crippen LogP contribution in [0, 0.1) is 0 Å². The van der Waals surface area contributed by atoms with Gasteiger partial charge in [0.05, 0.1) is 0 Å². The number of hydrogen-bond donors (Lipinski definition) is 5. The van der Waals surface area contributed by atoms with Gasteiger partial charge in [0.1, 0.15) is 40.9 Å². The molecule has 1 fully saturated rings. The Morgan fingerprint density at radius 2 is 1.35 bits per heavy atom. The number of aliphatic carboxylic acids is 1. The van der Waals surface area contributed by atoms with Gasteiger partial charge in [-0.2, -0.15) is 0 Å². The fourth-order valence-electron chi connectivity index (χ4n) is 2.90. The van der Waals surface area contributed by atoms with Gasteiger partial charge in [0.25, 0.3) is 0 Å². The first-order valence-corrected chi connectivity index (χ1v) is 8.93. The Bertz CT molecular complexity index is 989. The lowest BCUT2D eigenvalue weighted by molar-refractivity contribution is -0.271. The van der Waals surface area contributed by atoms with E-state index in [1.165, 1.54) is 48.5 Å². The molecule has 11 heteroatoms. The standard InChI is InChI=1S/C20H18O11/c21-13-14(22)16(18(26)27)31-20(15(13)23)30-12-8-4-2-6-10(12)19(28)29-11-7-3-1-5-9(11)17(24)25/h1-8,13-16,20-23H,(H,24,25)(H,26,27)/t13-,14-,15+,16-,20+/m0/s1. The van der Waals surface area contributed by atoms with Crippen molar-refractivity contribution in [2.24, 2.45) is 0 Å². The molecule has 0 spiro atoms. The van der Waals surface area contributed by atoms with Crippen molar-refractivity contribution in [2.45, 2.75) is 30.7 Å². The number of carboxylic acid groups (broad SMARTS) is 2. The Labute approximate surface area is 174 Å². The maximum atomic E-state index is 12.6. The molecule has 0 bridgehead atoms. The summed E-state index contributed by atoms with van der Waals surface area (Å²) in [6.07, 6.45) is -9.24. The summed E-state index contributed by atoms with van der Waals surface area (Å²) in [4.78, 5) is 35.2. The van der Waals surface area contributed by atoms with Gasteiger partial charge in [0, 0.05) is 0 Å². The SMILES string of the molecule is O=C(O)c1ccccc1OC(=O)c1ccccc1O[C@@H]1O[C@H](C(=O)O)[C@@H](O)[C@H](O)[C@H]1O. The highest BCUT2D eigenvalue weighted by Gasteiger charge is 2.48. The van der Waals surface area contributed by atoms with Gasteiger partial charge in [-0.25, -0.2) is 14.4 Å². The Morgan fingerprint density at radius 3 is 1.97 bits per heavy atom. The van der Waals surface area contributed by atoms with E-state index in [1.54, 1.807) is 0 Å². The second-order valence-electron chi connectivity index (χ2n) is 6.54. The van der Waals surface area contributed by atoms with Crippen LogP contribution in [-0.4, -0.2) is 74.1 Å². The topological polar surface area (TPSA) is 180 Å². The third-order valence-electron chi connectivity index (χ3n) is 4.48. The third kappa shape index (κ3) is 4.64. The van der Waals surface area contributed by atoms with Crippen molar-refractivity contribution >= 4 is 17.9 Å². The van der Waals surface area contributed by atoms with E-state index in [9.17, 15) is 34.8 Å². The molecule has 0 aromatic heterocycles.